The summed E-state index contributed by atoms with van der Waals surface area (Å²) in [5.41, 5.74) is 2.69. The molecule has 2 nitrogen and oxygen atoms in total. The largest absolute Gasteiger partial charge is 0.492 e. The Hall–Kier alpha value is -1.32. The molecule has 1 heterocycles. The zero-order chi connectivity index (χ0) is 13.5. The van der Waals surface area contributed by atoms with Crippen LogP contribution in [-0.2, 0) is 6.54 Å². The SMILES string of the molecule is CC(C)c1ccc(OCCNCc2ccsc2)cc1. The third kappa shape index (κ3) is 4.69. The summed E-state index contributed by atoms with van der Waals surface area (Å²) in [4.78, 5) is 0. The zero-order valence-electron chi connectivity index (χ0n) is 11.6. The average molecular weight is 275 g/mol. The minimum Gasteiger partial charge on any atom is -0.492 e. The summed E-state index contributed by atoms with van der Waals surface area (Å²) in [5.74, 6) is 1.52. The molecule has 0 aliphatic carbocycles. The smallest absolute Gasteiger partial charge is 0.119 e. The lowest BCUT2D eigenvalue weighted by Crippen LogP contribution is -2.20. The Bertz CT molecular complexity index is 462. The minimum atomic E-state index is 0.571. The van der Waals surface area contributed by atoms with E-state index in [2.05, 4.69) is 48.1 Å². The Morgan fingerprint density at radius 2 is 1.95 bits per heavy atom. The Morgan fingerprint density at radius 3 is 2.58 bits per heavy atom. The Morgan fingerprint density at radius 1 is 1.16 bits per heavy atom. The monoisotopic (exact) mass is 275 g/mol. The molecule has 0 radical (unpaired) electrons. The maximum Gasteiger partial charge on any atom is 0.119 e. The summed E-state index contributed by atoms with van der Waals surface area (Å²) in [6, 6.07) is 10.5. The molecule has 0 fully saturated rings. The summed E-state index contributed by atoms with van der Waals surface area (Å²) < 4.78 is 5.70. The van der Waals surface area contributed by atoms with Crippen molar-refractivity contribution >= 4 is 11.3 Å². The first kappa shape index (κ1) is 14.1. The third-order valence-corrected chi connectivity index (χ3v) is 3.74. The van der Waals surface area contributed by atoms with Gasteiger partial charge in [-0.25, -0.2) is 0 Å². The number of hydrogen-bond donors (Lipinski definition) is 1. The van der Waals surface area contributed by atoms with E-state index in [-0.39, 0.29) is 0 Å². The van der Waals surface area contributed by atoms with Gasteiger partial charge in [-0.1, -0.05) is 26.0 Å². The number of hydrogen-bond acceptors (Lipinski definition) is 3. The summed E-state index contributed by atoms with van der Waals surface area (Å²) >= 11 is 1.73. The first-order chi connectivity index (χ1) is 9.25. The van der Waals surface area contributed by atoms with Crippen LogP contribution >= 0.6 is 11.3 Å². The second-order valence-corrected chi connectivity index (χ2v) is 5.66. The Kier molecular flexibility index (Phi) is 5.43. The maximum absolute atomic E-state index is 5.70. The molecule has 0 saturated heterocycles. The minimum absolute atomic E-state index is 0.571. The van der Waals surface area contributed by atoms with E-state index in [0.29, 0.717) is 12.5 Å². The van der Waals surface area contributed by atoms with Crippen LogP contribution in [0.25, 0.3) is 0 Å². The molecule has 0 unspecified atom stereocenters. The van der Waals surface area contributed by atoms with E-state index in [9.17, 15) is 0 Å². The van der Waals surface area contributed by atoms with Crippen molar-refractivity contribution < 1.29 is 4.74 Å². The molecule has 0 atom stereocenters. The van der Waals surface area contributed by atoms with E-state index in [1.807, 2.05) is 12.1 Å². The summed E-state index contributed by atoms with van der Waals surface area (Å²) in [6.45, 7) is 6.88. The van der Waals surface area contributed by atoms with E-state index >= 15 is 0 Å². The Balaban J connectivity index is 1.65. The van der Waals surface area contributed by atoms with Gasteiger partial charge < -0.3 is 10.1 Å². The van der Waals surface area contributed by atoms with Crippen molar-refractivity contribution in [1.29, 1.82) is 0 Å². The van der Waals surface area contributed by atoms with Gasteiger partial charge in [0.1, 0.15) is 12.4 Å². The van der Waals surface area contributed by atoms with Crippen LogP contribution in [-0.4, -0.2) is 13.2 Å². The van der Waals surface area contributed by atoms with E-state index in [1.165, 1.54) is 11.1 Å². The van der Waals surface area contributed by atoms with Gasteiger partial charge in [-0.3, -0.25) is 0 Å². The molecule has 3 heteroatoms. The predicted molar refractivity (Wildman–Crippen MR) is 82.1 cm³/mol. The van der Waals surface area contributed by atoms with Crippen LogP contribution in [0.15, 0.2) is 41.1 Å². The predicted octanol–water partition coefficient (Wildman–Crippen LogP) is 4.04. The van der Waals surface area contributed by atoms with Gasteiger partial charge in [0.25, 0.3) is 0 Å². The van der Waals surface area contributed by atoms with Crippen LogP contribution < -0.4 is 10.1 Å². The molecular weight excluding hydrogens is 254 g/mol. The topological polar surface area (TPSA) is 21.3 Å². The van der Waals surface area contributed by atoms with Gasteiger partial charge in [-0.2, -0.15) is 11.3 Å². The van der Waals surface area contributed by atoms with Gasteiger partial charge >= 0.3 is 0 Å². The first-order valence-electron chi connectivity index (χ1n) is 6.70. The van der Waals surface area contributed by atoms with Crippen molar-refractivity contribution in [2.45, 2.75) is 26.3 Å². The Labute approximate surface area is 119 Å². The van der Waals surface area contributed by atoms with Crippen LogP contribution in [0.1, 0.15) is 30.9 Å². The van der Waals surface area contributed by atoms with Crippen molar-refractivity contribution in [1.82, 2.24) is 5.32 Å². The fourth-order valence-corrected chi connectivity index (χ4v) is 2.48. The van der Waals surface area contributed by atoms with Crippen molar-refractivity contribution in [2.24, 2.45) is 0 Å². The van der Waals surface area contributed by atoms with E-state index in [1.54, 1.807) is 11.3 Å². The van der Waals surface area contributed by atoms with Gasteiger partial charge in [0, 0.05) is 13.1 Å². The first-order valence-corrected chi connectivity index (χ1v) is 7.64. The molecule has 2 rings (SSSR count). The van der Waals surface area contributed by atoms with Crippen molar-refractivity contribution in [2.75, 3.05) is 13.2 Å². The van der Waals surface area contributed by atoms with Crippen molar-refractivity contribution in [3.8, 4) is 5.75 Å². The third-order valence-electron chi connectivity index (χ3n) is 3.00. The van der Waals surface area contributed by atoms with Crippen LogP contribution in [0.2, 0.25) is 0 Å². The molecule has 0 amide bonds. The molecule has 0 aliphatic heterocycles. The molecule has 1 aromatic carbocycles. The molecule has 102 valence electrons. The molecule has 0 saturated carbocycles. The van der Waals surface area contributed by atoms with Crippen LogP contribution in [0.5, 0.6) is 5.75 Å². The fraction of sp³-hybridized carbons (Fsp3) is 0.375. The van der Waals surface area contributed by atoms with Gasteiger partial charge in [0.05, 0.1) is 0 Å². The quantitative estimate of drug-likeness (QED) is 0.770. The standard InChI is InChI=1S/C16H21NOS/c1-13(2)15-3-5-16(6-4-15)18-9-8-17-11-14-7-10-19-12-14/h3-7,10,12-13,17H,8-9,11H2,1-2H3. The number of rotatable bonds is 7. The normalized spacial score (nSPS) is 10.9. The molecule has 1 aromatic heterocycles. The highest BCUT2D eigenvalue weighted by Gasteiger charge is 1.99. The van der Waals surface area contributed by atoms with Gasteiger partial charge in [-0.15, -0.1) is 0 Å². The molecule has 19 heavy (non-hydrogen) atoms. The lowest BCUT2D eigenvalue weighted by Gasteiger charge is -2.09. The van der Waals surface area contributed by atoms with Gasteiger partial charge in [0.15, 0.2) is 0 Å². The summed E-state index contributed by atoms with van der Waals surface area (Å²) in [5, 5.41) is 7.64. The zero-order valence-corrected chi connectivity index (χ0v) is 12.4. The van der Waals surface area contributed by atoms with E-state index in [4.69, 9.17) is 4.74 Å². The van der Waals surface area contributed by atoms with E-state index < -0.39 is 0 Å². The van der Waals surface area contributed by atoms with Crippen LogP contribution in [0.4, 0.5) is 0 Å². The fourth-order valence-electron chi connectivity index (χ4n) is 1.82. The highest BCUT2D eigenvalue weighted by molar-refractivity contribution is 7.07. The maximum atomic E-state index is 5.70. The number of ether oxygens (including phenoxy) is 1. The number of benzene rings is 1. The van der Waals surface area contributed by atoms with Gasteiger partial charge in [0.2, 0.25) is 0 Å². The molecule has 0 spiro atoms. The molecule has 0 aliphatic rings. The number of nitrogens with one attached hydrogen (secondary N) is 1. The van der Waals surface area contributed by atoms with Crippen LogP contribution in [0, 0.1) is 0 Å². The van der Waals surface area contributed by atoms with Crippen LogP contribution in [0.3, 0.4) is 0 Å². The van der Waals surface area contributed by atoms with E-state index in [0.717, 1.165) is 18.8 Å². The lowest BCUT2D eigenvalue weighted by molar-refractivity contribution is 0.313. The summed E-state index contributed by atoms with van der Waals surface area (Å²) in [7, 11) is 0. The van der Waals surface area contributed by atoms with Gasteiger partial charge in [-0.05, 0) is 46.0 Å². The second kappa shape index (κ2) is 7.31. The molecule has 0 bridgehead atoms. The number of thiophene rings is 1. The summed E-state index contributed by atoms with van der Waals surface area (Å²) in [6.07, 6.45) is 0. The highest BCUT2D eigenvalue weighted by atomic mass is 32.1. The lowest BCUT2D eigenvalue weighted by atomic mass is 10.0. The molecule has 1 N–H and O–H groups in total. The second-order valence-electron chi connectivity index (χ2n) is 4.88. The average Bonchev–Trinajstić information content (AvgIpc) is 2.92. The van der Waals surface area contributed by atoms with Crippen molar-refractivity contribution in [3.05, 3.63) is 52.2 Å². The van der Waals surface area contributed by atoms with Crippen molar-refractivity contribution in [3.63, 3.8) is 0 Å². The highest BCUT2D eigenvalue weighted by Crippen LogP contribution is 2.18. The molecule has 2 aromatic rings. The molecular formula is C16H21NOS.